The number of carbonyl (C=O) groups excluding carboxylic acids is 1. The van der Waals surface area contributed by atoms with Crippen LogP contribution in [0, 0.1) is 13.8 Å². The minimum Gasteiger partial charge on any atom is -0.490 e. The molecule has 0 amide bonds. The molecule has 0 aliphatic carbocycles. The van der Waals surface area contributed by atoms with Crippen molar-refractivity contribution in [3.05, 3.63) is 65.5 Å². The van der Waals surface area contributed by atoms with Crippen LogP contribution in [0.3, 0.4) is 0 Å². The number of para-hydroxylation sites is 1. The third-order valence-corrected chi connectivity index (χ3v) is 3.56. The van der Waals surface area contributed by atoms with Gasteiger partial charge >= 0.3 is 5.97 Å². The van der Waals surface area contributed by atoms with Gasteiger partial charge in [-0.3, -0.25) is 0 Å². The molecule has 0 fully saturated rings. The number of rotatable bonds is 6. The van der Waals surface area contributed by atoms with Gasteiger partial charge in [-0.1, -0.05) is 23.4 Å². The number of aryl methyl sites for hydroxylation is 2. The molecule has 6 heteroatoms. The van der Waals surface area contributed by atoms with Crippen molar-refractivity contribution < 1.29 is 18.8 Å². The Hall–Kier alpha value is -3.15. The van der Waals surface area contributed by atoms with Crippen LogP contribution in [0.15, 0.2) is 53.1 Å². The molecule has 3 rings (SSSR count). The van der Waals surface area contributed by atoms with Gasteiger partial charge in [0.25, 0.3) is 5.89 Å². The zero-order valence-corrected chi connectivity index (χ0v) is 14.1. The first-order valence-corrected chi connectivity index (χ1v) is 7.90. The van der Waals surface area contributed by atoms with E-state index in [4.69, 9.17) is 14.0 Å². The largest absolute Gasteiger partial charge is 0.490 e. The molecular formula is C19H18N2O4. The molecule has 25 heavy (non-hydrogen) atoms. The zero-order valence-electron chi connectivity index (χ0n) is 14.1. The zero-order chi connectivity index (χ0) is 17.6. The Labute approximate surface area is 145 Å². The lowest BCUT2D eigenvalue weighted by atomic mass is 10.1. The fraction of sp³-hybridized carbons (Fsp3) is 0.211. The highest BCUT2D eigenvalue weighted by Crippen LogP contribution is 2.18. The summed E-state index contributed by atoms with van der Waals surface area (Å²) in [5.41, 5.74) is 2.25. The van der Waals surface area contributed by atoms with E-state index in [0.29, 0.717) is 23.9 Å². The summed E-state index contributed by atoms with van der Waals surface area (Å²) in [7, 11) is 0. The molecule has 0 saturated carbocycles. The van der Waals surface area contributed by atoms with Gasteiger partial charge in [0.15, 0.2) is 5.82 Å². The fourth-order valence-corrected chi connectivity index (χ4v) is 2.25. The molecular weight excluding hydrogens is 320 g/mol. The maximum atomic E-state index is 12.0. The van der Waals surface area contributed by atoms with Crippen molar-refractivity contribution >= 4 is 5.97 Å². The number of ether oxygens (including phenoxy) is 2. The summed E-state index contributed by atoms with van der Waals surface area (Å²) in [6, 6.07) is 14.5. The van der Waals surface area contributed by atoms with E-state index in [9.17, 15) is 4.79 Å². The smallest absolute Gasteiger partial charge is 0.338 e. The van der Waals surface area contributed by atoms with Crippen LogP contribution in [0.25, 0.3) is 11.5 Å². The summed E-state index contributed by atoms with van der Waals surface area (Å²) in [5, 5.41) is 3.74. The van der Waals surface area contributed by atoms with Gasteiger partial charge < -0.3 is 14.0 Å². The van der Waals surface area contributed by atoms with Gasteiger partial charge in [-0.15, -0.1) is 0 Å². The third kappa shape index (κ3) is 4.23. The van der Waals surface area contributed by atoms with Crippen LogP contribution >= 0.6 is 0 Å². The van der Waals surface area contributed by atoms with Gasteiger partial charge in [-0.25, -0.2) is 4.79 Å². The lowest BCUT2D eigenvalue weighted by Crippen LogP contribution is -2.12. The second-order valence-electron chi connectivity index (χ2n) is 5.47. The molecule has 1 heterocycles. The molecule has 6 nitrogen and oxygen atoms in total. The molecule has 0 aliphatic rings. The molecule has 0 atom stereocenters. The molecule has 1 aromatic heterocycles. The molecule has 2 aromatic carbocycles. The molecule has 0 N–H and O–H groups in total. The maximum absolute atomic E-state index is 12.0. The second kappa shape index (κ2) is 7.61. The number of esters is 1. The van der Waals surface area contributed by atoms with Crippen molar-refractivity contribution in [1.82, 2.24) is 10.1 Å². The van der Waals surface area contributed by atoms with Crippen LogP contribution in [0.1, 0.15) is 21.7 Å². The van der Waals surface area contributed by atoms with Crippen molar-refractivity contribution in [1.29, 1.82) is 0 Å². The van der Waals surface area contributed by atoms with Crippen LogP contribution in [-0.4, -0.2) is 29.3 Å². The highest BCUT2D eigenvalue weighted by molar-refractivity contribution is 5.89. The average molecular weight is 338 g/mol. The van der Waals surface area contributed by atoms with Crippen molar-refractivity contribution in [3.8, 4) is 17.2 Å². The highest BCUT2D eigenvalue weighted by atomic mass is 16.6. The van der Waals surface area contributed by atoms with E-state index in [1.165, 1.54) is 0 Å². The summed E-state index contributed by atoms with van der Waals surface area (Å²) in [5.74, 6) is 1.37. The van der Waals surface area contributed by atoms with Crippen LogP contribution < -0.4 is 4.74 Å². The van der Waals surface area contributed by atoms with Crippen LogP contribution in [0.2, 0.25) is 0 Å². The number of hydrogen-bond donors (Lipinski definition) is 0. The Morgan fingerprint density at radius 3 is 2.48 bits per heavy atom. The first-order valence-electron chi connectivity index (χ1n) is 7.90. The molecule has 128 valence electrons. The molecule has 0 unspecified atom stereocenters. The summed E-state index contributed by atoms with van der Waals surface area (Å²) in [4.78, 5) is 16.2. The normalized spacial score (nSPS) is 10.5. The van der Waals surface area contributed by atoms with Crippen molar-refractivity contribution in [2.45, 2.75) is 13.8 Å². The van der Waals surface area contributed by atoms with Gasteiger partial charge in [0, 0.05) is 5.56 Å². The van der Waals surface area contributed by atoms with Gasteiger partial charge in [0.1, 0.15) is 19.0 Å². The number of hydrogen-bond acceptors (Lipinski definition) is 6. The quantitative estimate of drug-likeness (QED) is 0.505. The topological polar surface area (TPSA) is 74.5 Å². The summed E-state index contributed by atoms with van der Waals surface area (Å²) >= 11 is 0. The average Bonchev–Trinajstić information content (AvgIpc) is 3.06. The van der Waals surface area contributed by atoms with Crippen molar-refractivity contribution in [2.75, 3.05) is 13.2 Å². The van der Waals surface area contributed by atoms with Crippen LogP contribution in [-0.2, 0) is 4.74 Å². The van der Waals surface area contributed by atoms with E-state index < -0.39 is 5.97 Å². The first kappa shape index (κ1) is 16.7. The molecule has 0 spiro atoms. The second-order valence-corrected chi connectivity index (χ2v) is 5.47. The van der Waals surface area contributed by atoms with E-state index in [0.717, 1.165) is 16.9 Å². The SMILES string of the molecule is Cc1noc(-c2ccc(C(=O)OCCOc3ccccc3C)cc2)n1. The van der Waals surface area contributed by atoms with E-state index in [1.54, 1.807) is 31.2 Å². The summed E-state index contributed by atoms with van der Waals surface area (Å²) < 4.78 is 15.9. The standard InChI is InChI=1S/C19H18N2O4/c1-13-5-3-4-6-17(13)23-11-12-24-19(22)16-9-7-15(8-10-16)18-20-14(2)21-25-18/h3-10H,11-12H2,1-2H3. The number of carbonyl (C=O) groups is 1. The van der Waals surface area contributed by atoms with E-state index in [1.807, 2.05) is 31.2 Å². The highest BCUT2D eigenvalue weighted by Gasteiger charge is 2.10. The Bertz CT molecular complexity index is 856. The minimum absolute atomic E-state index is 0.178. The molecule has 0 bridgehead atoms. The van der Waals surface area contributed by atoms with Crippen LogP contribution in [0.5, 0.6) is 5.75 Å². The Morgan fingerprint density at radius 2 is 1.80 bits per heavy atom. The molecule has 0 saturated heterocycles. The number of benzene rings is 2. The Balaban J connectivity index is 1.50. The maximum Gasteiger partial charge on any atom is 0.338 e. The fourth-order valence-electron chi connectivity index (χ4n) is 2.25. The lowest BCUT2D eigenvalue weighted by molar-refractivity contribution is 0.0450. The molecule has 0 aliphatic heterocycles. The van der Waals surface area contributed by atoms with Gasteiger partial charge in [0.2, 0.25) is 0 Å². The Kier molecular flexibility index (Phi) is 5.09. The number of nitrogens with zero attached hydrogens (tertiary/aromatic N) is 2. The predicted octanol–water partition coefficient (Wildman–Crippen LogP) is 3.59. The summed E-state index contributed by atoms with van der Waals surface area (Å²) in [6.07, 6.45) is 0. The van der Waals surface area contributed by atoms with Gasteiger partial charge in [0.05, 0.1) is 5.56 Å². The molecule has 0 radical (unpaired) electrons. The predicted molar refractivity (Wildman–Crippen MR) is 91.4 cm³/mol. The van der Waals surface area contributed by atoms with Gasteiger partial charge in [-0.05, 0) is 49.7 Å². The van der Waals surface area contributed by atoms with E-state index in [2.05, 4.69) is 10.1 Å². The lowest BCUT2D eigenvalue weighted by Gasteiger charge is -2.09. The Morgan fingerprint density at radius 1 is 1.04 bits per heavy atom. The van der Waals surface area contributed by atoms with Crippen LogP contribution in [0.4, 0.5) is 0 Å². The third-order valence-electron chi connectivity index (χ3n) is 3.56. The van der Waals surface area contributed by atoms with Gasteiger partial charge in [-0.2, -0.15) is 4.98 Å². The summed E-state index contributed by atoms with van der Waals surface area (Å²) in [6.45, 7) is 4.19. The number of aromatic nitrogens is 2. The van der Waals surface area contributed by atoms with Crippen molar-refractivity contribution in [2.24, 2.45) is 0 Å². The van der Waals surface area contributed by atoms with E-state index >= 15 is 0 Å². The van der Waals surface area contributed by atoms with Crippen molar-refractivity contribution in [3.63, 3.8) is 0 Å². The minimum atomic E-state index is -0.401. The van der Waals surface area contributed by atoms with E-state index in [-0.39, 0.29) is 6.61 Å². The monoisotopic (exact) mass is 338 g/mol. The molecule has 3 aromatic rings. The first-order chi connectivity index (χ1) is 12.1.